The molecule has 0 fully saturated rings. The van der Waals surface area contributed by atoms with Crippen molar-refractivity contribution in [3.63, 3.8) is 0 Å². The predicted molar refractivity (Wildman–Crippen MR) is 58.5 cm³/mol. The van der Waals surface area contributed by atoms with Crippen LogP contribution in [0.4, 0.5) is 0 Å². The number of H-pyrrole nitrogens is 1. The molecule has 0 aliphatic carbocycles. The van der Waals surface area contributed by atoms with Crippen LogP contribution in [0.3, 0.4) is 0 Å². The summed E-state index contributed by atoms with van der Waals surface area (Å²) in [6.45, 7) is 0.702. The van der Waals surface area contributed by atoms with Crippen LogP contribution >= 0.6 is 11.6 Å². The number of nitrogens with zero attached hydrogens (tertiary/aromatic N) is 1. The Morgan fingerprint density at radius 2 is 2.29 bits per heavy atom. The Morgan fingerprint density at radius 1 is 1.43 bits per heavy atom. The van der Waals surface area contributed by atoms with Gasteiger partial charge in [0.2, 0.25) is 0 Å². The fourth-order valence-corrected chi connectivity index (χ4v) is 1.68. The standard InChI is InChI=1S/C10H12ClN3/c11-7-3-4-8-9(2-1-5-12)13-14-10(8)6-7/h3-4,6H,1-2,5,12H2,(H,13,14). The summed E-state index contributed by atoms with van der Waals surface area (Å²) >= 11 is 5.86. The molecule has 0 atom stereocenters. The summed E-state index contributed by atoms with van der Waals surface area (Å²) in [5.74, 6) is 0. The van der Waals surface area contributed by atoms with Crippen molar-refractivity contribution in [2.24, 2.45) is 5.73 Å². The van der Waals surface area contributed by atoms with Gasteiger partial charge in [-0.2, -0.15) is 5.10 Å². The first-order valence-electron chi connectivity index (χ1n) is 4.64. The molecule has 2 rings (SSSR count). The normalized spacial score (nSPS) is 11.0. The van der Waals surface area contributed by atoms with Crippen LogP contribution in [0.5, 0.6) is 0 Å². The van der Waals surface area contributed by atoms with Crippen LogP contribution in [0.25, 0.3) is 10.9 Å². The number of benzene rings is 1. The number of halogens is 1. The SMILES string of the molecule is NCCCc1[nH]nc2cc(Cl)ccc12. The van der Waals surface area contributed by atoms with Gasteiger partial charge in [-0.05, 0) is 37.6 Å². The zero-order chi connectivity index (χ0) is 9.97. The quantitative estimate of drug-likeness (QED) is 0.814. The second-order valence-corrected chi connectivity index (χ2v) is 3.69. The number of nitrogens with one attached hydrogen (secondary N) is 1. The molecule has 0 bridgehead atoms. The Balaban J connectivity index is 2.37. The average molecular weight is 210 g/mol. The number of fused-ring (bicyclic) bond motifs is 1. The predicted octanol–water partition coefficient (Wildman–Crippen LogP) is 2.11. The highest BCUT2D eigenvalue weighted by atomic mass is 35.5. The van der Waals surface area contributed by atoms with E-state index >= 15 is 0 Å². The number of nitrogens with two attached hydrogens (primary N) is 1. The van der Waals surface area contributed by atoms with Gasteiger partial charge in [0.1, 0.15) is 0 Å². The molecule has 0 saturated heterocycles. The van der Waals surface area contributed by atoms with Gasteiger partial charge < -0.3 is 5.73 Å². The van der Waals surface area contributed by atoms with Crippen LogP contribution in [0, 0.1) is 0 Å². The van der Waals surface area contributed by atoms with E-state index in [1.807, 2.05) is 18.2 Å². The first-order chi connectivity index (χ1) is 6.81. The van der Waals surface area contributed by atoms with Gasteiger partial charge in [-0.1, -0.05) is 11.6 Å². The van der Waals surface area contributed by atoms with E-state index in [1.54, 1.807) is 0 Å². The second kappa shape index (κ2) is 3.98. The molecule has 1 aromatic carbocycles. The molecule has 0 aliphatic heterocycles. The van der Waals surface area contributed by atoms with Gasteiger partial charge in [0.15, 0.2) is 0 Å². The lowest BCUT2D eigenvalue weighted by molar-refractivity contribution is 0.808. The van der Waals surface area contributed by atoms with E-state index < -0.39 is 0 Å². The topological polar surface area (TPSA) is 54.7 Å². The van der Waals surface area contributed by atoms with E-state index in [4.69, 9.17) is 17.3 Å². The number of rotatable bonds is 3. The van der Waals surface area contributed by atoms with Gasteiger partial charge >= 0.3 is 0 Å². The summed E-state index contributed by atoms with van der Waals surface area (Å²) < 4.78 is 0. The number of aromatic amines is 1. The molecule has 0 aliphatic rings. The highest BCUT2D eigenvalue weighted by Gasteiger charge is 2.04. The first-order valence-corrected chi connectivity index (χ1v) is 5.01. The maximum absolute atomic E-state index is 5.86. The molecule has 74 valence electrons. The first kappa shape index (κ1) is 9.49. The van der Waals surface area contributed by atoms with Gasteiger partial charge in [0.05, 0.1) is 5.52 Å². The van der Waals surface area contributed by atoms with E-state index in [1.165, 1.54) is 0 Å². The molecule has 3 nitrogen and oxygen atoms in total. The van der Waals surface area contributed by atoms with Crippen molar-refractivity contribution in [3.05, 3.63) is 28.9 Å². The highest BCUT2D eigenvalue weighted by Crippen LogP contribution is 2.20. The third-order valence-electron chi connectivity index (χ3n) is 2.23. The lowest BCUT2D eigenvalue weighted by Crippen LogP contribution is -2.00. The fraction of sp³-hybridized carbons (Fsp3) is 0.300. The number of hydrogen-bond donors (Lipinski definition) is 2. The molecule has 2 aromatic rings. The molecule has 0 amide bonds. The van der Waals surface area contributed by atoms with Gasteiger partial charge in [0.25, 0.3) is 0 Å². The molecular formula is C10H12ClN3. The Kier molecular flexibility index (Phi) is 2.70. The zero-order valence-electron chi connectivity index (χ0n) is 7.76. The van der Waals surface area contributed by atoms with E-state index in [0.29, 0.717) is 6.54 Å². The van der Waals surface area contributed by atoms with Crippen molar-refractivity contribution in [1.29, 1.82) is 0 Å². The van der Waals surface area contributed by atoms with E-state index in [9.17, 15) is 0 Å². The van der Waals surface area contributed by atoms with E-state index in [2.05, 4.69) is 10.2 Å². The Labute approximate surface area is 87.2 Å². The lowest BCUT2D eigenvalue weighted by atomic mass is 10.1. The average Bonchev–Trinajstić information content (AvgIpc) is 2.57. The van der Waals surface area contributed by atoms with E-state index in [0.717, 1.165) is 34.5 Å². The van der Waals surface area contributed by atoms with Gasteiger partial charge in [-0.25, -0.2) is 0 Å². The van der Waals surface area contributed by atoms with E-state index in [-0.39, 0.29) is 0 Å². The number of hydrogen-bond acceptors (Lipinski definition) is 2. The molecular weight excluding hydrogens is 198 g/mol. The monoisotopic (exact) mass is 209 g/mol. The van der Waals surface area contributed by atoms with Gasteiger partial charge in [-0.15, -0.1) is 0 Å². The minimum atomic E-state index is 0.702. The lowest BCUT2D eigenvalue weighted by Gasteiger charge is -1.96. The molecule has 0 saturated carbocycles. The Bertz CT molecular complexity index is 436. The molecule has 0 radical (unpaired) electrons. The smallest absolute Gasteiger partial charge is 0.0938 e. The fourth-order valence-electron chi connectivity index (χ4n) is 1.51. The van der Waals surface area contributed by atoms with Crippen molar-refractivity contribution in [2.75, 3.05) is 6.54 Å². The maximum atomic E-state index is 5.86. The Morgan fingerprint density at radius 3 is 3.07 bits per heavy atom. The molecule has 0 spiro atoms. The highest BCUT2D eigenvalue weighted by molar-refractivity contribution is 6.31. The number of aryl methyl sites for hydroxylation is 1. The van der Waals surface area contributed by atoms with Crippen molar-refractivity contribution in [1.82, 2.24) is 10.2 Å². The van der Waals surface area contributed by atoms with Crippen molar-refractivity contribution in [2.45, 2.75) is 12.8 Å². The van der Waals surface area contributed by atoms with Crippen LogP contribution in [0.2, 0.25) is 5.02 Å². The molecule has 1 aromatic heterocycles. The molecule has 0 unspecified atom stereocenters. The molecule has 1 heterocycles. The van der Waals surface area contributed by atoms with Gasteiger partial charge in [0, 0.05) is 16.1 Å². The molecule has 14 heavy (non-hydrogen) atoms. The van der Waals surface area contributed by atoms with Crippen LogP contribution in [0.1, 0.15) is 12.1 Å². The largest absolute Gasteiger partial charge is 0.330 e. The Hall–Kier alpha value is -1.06. The number of aromatic nitrogens is 2. The summed E-state index contributed by atoms with van der Waals surface area (Å²) in [6, 6.07) is 5.73. The van der Waals surface area contributed by atoms with Crippen LogP contribution in [-0.4, -0.2) is 16.7 Å². The summed E-state index contributed by atoms with van der Waals surface area (Å²) in [6.07, 6.45) is 1.91. The maximum Gasteiger partial charge on any atom is 0.0938 e. The third-order valence-corrected chi connectivity index (χ3v) is 2.46. The van der Waals surface area contributed by atoms with Crippen molar-refractivity contribution in [3.8, 4) is 0 Å². The summed E-state index contributed by atoms with van der Waals surface area (Å²) in [4.78, 5) is 0. The minimum absolute atomic E-state index is 0.702. The minimum Gasteiger partial charge on any atom is -0.330 e. The van der Waals surface area contributed by atoms with Crippen LogP contribution in [0.15, 0.2) is 18.2 Å². The summed E-state index contributed by atoms with van der Waals surface area (Å²) in [5.41, 5.74) is 7.52. The molecule has 4 heteroatoms. The summed E-state index contributed by atoms with van der Waals surface area (Å²) in [7, 11) is 0. The van der Waals surface area contributed by atoms with Gasteiger partial charge in [-0.3, -0.25) is 5.10 Å². The molecule has 3 N–H and O–H groups in total. The van der Waals surface area contributed by atoms with Crippen LogP contribution < -0.4 is 5.73 Å². The third kappa shape index (κ3) is 1.74. The van der Waals surface area contributed by atoms with Crippen molar-refractivity contribution < 1.29 is 0 Å². The summed E-state index contributed by atoms with van der Waals surface area (Å²) in [5, 5.41) is 9.05. The second-order valence-electron chi connectivity index (χ2n) is 3.26. The zero-order valence-corrected chi connectivity index (χ0v) is 8.51. The van der Waals surface area contributed by atoms with Crippen LogP contribution in [-0.2, 0) is 6.42 Å². The van der Waals surface area contributed by atoms with Crippen molar-refractivity contribution >= 4 is 22.5 Å².